The molecule has 0 atom stereocenters. The number of carbonyl (C=O) groups is 1. The minimum Gasteiger partial charge on any atom is -0.493 e. The number of likely N-dealkylation sites (tertiary alicyclic amines) is 1. The summed E-state index contributed by atoms with van der Waals surface area (Å²) in [7, 11) is -11.1. The normalized spacial score (nSPS) is 12.7. The van der Waals surface area contributed by atoms with Crippen LogP contribution in [0.2, 0.25) is 0 Å². The number of aliphatic hydroxyl groups is 1. The average Bonchev–Trinajstić information content (AvgIpc) is 1.51. The summed E-state index contributed by atoms with van der Waals surface area (Å²) in [6.07, 6.45) is 7.87. The van der Waals surface area contributed by atoms with Crippen molar-refractivity contribution in [1.82, 2.24) is 68.1 Å². The maximum absolute atomic E-state index is 13.1. The number of fused-ring (bicyclic) bond motifs is 3. The summed E-state index contributed by atoms with van der Waals surface area (Å²) in [6, 6.07) is 15.5. The maximum Gasteiger partial charge on any atom is 0.277 e. The second kappa shape index (κ2) is 32.4. The summed E-state index contributed by atoms with van der Waals surface area (Å²) in [5.41, 5.74) is 4.32. The van der Waals surface area contributed by atoms with Gasteiger partial charge in [0, 0.05) is 51.1 Å². The van der Waals surface area contributed by atoms with E-state index >= 15 is 0 Å². The van der Waals surface area contributed by atoms with Gasteiger partial charge in [-0.3, -0.25) is 19.2 Å². The van der Waals surface area contributed by atoms with Crippen molar-refractivity contribution in [3.63, 3.8) is 0 Å². The molecular formula is C65H86N14O14S3. The zero-order valence-electron chi connectivity index (χ0n) is 55.9. The van der Waals surface area contributed by atoms with Crippen molar-refractivity contribution in [2.45, 2.75) is 155 Å². The second-order valence-corrected chi connectivity index (χ2v) is 28.4. The van der Waals surface area contributed by atoms with Crippen LogP contribution in [0.5, 0.6) is 17.2 Å². The molecule has 3 aromatic carbocycles. The monoisotopic (exact) mass is 1380 g/mol. The van der Waals surface area contributed by atoms with Crippen molar-refractivity contribution in [2.75, 3.05) is 58.4 Å². The molecule has 0 unspecified atom stereocenters. The molecule has 31 heteroatoms. The number of sulfonamides is 2. The fraction of sp³-hybridized carbons (Fsp3) is 0.462. The number of hydrogen-bond donors (Lipinski definition) is 6. The van der Waals surface area contributed by atoms with Gasteiger partial charge in [-0.05, 0) is 153 Å². The van der Waals surface area contributed by atoms with Crippen molar-refractivity contribution in [3.05, 3.63) is 126 Å². The van der Waals surface area contributed by atoms with E-state index in [1.807, 2.05) is 47.6 Å². The van der Waals surface area contributed by atoms with Gasteiger partial charge in [0.2, 0.25) is 26.0 Å². The number of aliphatic hydroxyl groups excluding tert-OH is 1. The van der Waals surface area contributed by atoms with Crippen molar-refractivity contribution < 1.29 is 49.4 Å². The quantitative estimate of drug-likeness (QED) is 0.0258. The SMILES string of the molecule is CCCNS(=O)(=O)c1ccc(OCC)c(-c2nn3c(CCC)nc(C)c3c(=O)[nH]2)c1.CCCc1cc(C)c2c(=O)[nH]c(-c3cc(S(=O)(=O)CCCCN4CCCC4=O)ccc3OCC)nn12.CCCc1nc(C)c2c(=O)[nH]c(-c3cc(S(=O)(=O)NCCO)ccc3OCC)nn12. The molecule has 518 valence electrons. The molecule has 0 spiro atoms. The van der Waals surface area contributed by atoms with Gasteiger partial charge in [-0.25, -0.2) is 58.2 Å². The van der Waals surface area contributed by atoms with Crippen LogP contribution in [0.3, 0.4) is 0 Å². The molecule has 1 aliphatic heterocycles. The van der Waals surface area contributed by atoms with E-state index in [2.05, 4.69) is 56.6 Å². The Morgan fingerprint density at radius 2 is 0.969 bits per heavy atom. The minimum absolute atomic E-state index is 0.0249. The standard InChI is InChI=1S/C26H34N4O5S.C20H27N5O4S.C19H25N5O5S/c1-4-9-19-16-18(3)24-26(32)27-25(28-30(19)24)21-17-20(11-12-22(21)35-5-2)36(33,34)15-7-6-13-29-14-8-10-23(29)31;1-5-8-17-22-13(4)18-20(26)23-19(24-25(17)18)15-12-14(9-10-16(15)29-7-3)30(27,28)21-11-6-2;1-4-6-16-21-12(3)17-19(26)22-18(23-24(16)17)14-11-13(7-8-15(14)29-5-2)30(27,28)20-9-10-25/h11-12,16-17H,4-10,13-15H2,1-3H3,(H,27,28,32);9-10,12,21H,5-8,11H2,1-4H3,(H,23,24,26);7-8,11,20,25H,4-6,9-10H2,1-3H3,(H,22,23,26). The first-order valence-electron chi connectivity index (χ1n) is 32.4. The lowest BCUT2D eigenvalue weighted by Crippen LogP contribution is -2.26. The summed E-state index contributed by atoms with van der Waals surface area (Å²) in [5, 5.41) is 22.7. The van der Waals surface area contributed by atoms with Crippen LogP contribution in [0.15, 0.2) is 89.7 Å². The van der Waals surface area contributed by atoms with Crippen molar-refractivity contribution in [2.24, 2.45) is 0 Å². The van der Waals surface area contributed by atoms with Crippen LogP contribution in [-0.2, 0) is 53.9 Å². The zero-order chi connectivity index (χ0) is 69.6. The van der Waals surface area contributed by atoms with E-state index in [9.17, 15) is 44.4 Å². The van der Waals surface area contributed by atoms with Gasteiger partial charge in [0.15, 0.2) is 38.3 Å². The molecule has 0 aliphatic carbocycles. The van der Waals surface area contributed by atoms with E-state index in [1.54, 1.807) is 46.8 Å². The Morgan fingerprint density at radius 3 is 1.40 bits per heavy atom. The van der Waals surface area contributed by atoms with Crippen molar-refractivity contribution >= 4 is 52.3 Å². The lowest BCUT2D eigenvalue weighted by atomic mass is 10.2. The Morgan fingerprint density at radius 1 is 0.531 bits per heavy atom. The highest BCUT2D eigenvalue weighted by atomic mass is 32.2. The van der Waals surface area contributed by atoms with Gasteiger partial charge in [0.25, 0.3) is 16.7 Å². The van der Waals surface area contributed by atoms with E-state index < -0.39 is 29.9 Å². The molecule has 1 saturated heterocycles. The number of nitrogens with zero attached hydrogens (tertiary/aromatic N) is 9. The van der Waals surface area contributed by atoms with Gasteiger partial charge in [-0.15, -0.1) is 15.3 Å². The van der Waals surface area contributed by atoms with Crippen LogP contribution < -0.4 is 40.3 Å². The number of ether oxygens (including phenoxy) is 3. The second-order valence-electron chi connectivity index (χ2n) is 22.8. The first-order chi connectivity index (χ1) is 45.9. The van der Waals surface area contributed by atoms with E-state index in [0.29, 0.717) is 145 Å². The first kappa shape index (κ1) is 73.2. The smallest absolute Gasteiger partial charge is 0.277 e. The van der Waals surface area contributed by atoms with Crippen molar-refractivity contribution in [3.8, 4) is 51.4 Å². The molecule has 6 N–H and O–H groups in total. The Labute approximate surface area is 557 Å². The molecule has 0 radical (unpaired) electrons. The third-order valence-electron chi connectivity index (χ3n) is 15.5. The largest absolute Gasteiger partial charge is 0.493 e. The van der Waals surface area contributed by atoms with Gasteiger partial charge in [-0.1, -0.05) is 34.1 Å². The van der Waals surface area contributed by atoms with E-state index in [1.165, 1.54) is 47.0 Å². The fourth-order valence-corrected chi connectivity index (χ4v) is 14.7. The molecule has 9 aromatic rings. The van der Waals surface area contributed by atoms with Gasteiger partial charge >= 0.3 is 0 Å². The number of hydrogen-bond acceptors (Lipinski definition) is 19. The molecule has 1 fully saturated rings. The zero-order valence-corrected chi connectivity index (χ0v) is 58.4. The van der Waals surface area contributed by atoms with Gasteiger partial charge in [-0.2, -0.15) is 0 Å². The number of aromatic nitrogens is 11. The van der Waals surface area contributed by atoms with Crippen LogP contribution in [0.4, 0.5) is 0 Å². The molecule has 0 bridgehead atoms. The lowest BCUT2D eigenvalue weighted by Gasteiger charge is -2.15. The molecule has 1 aliphatic rings. The number of H-pyrrole nitrogens is 3. The lowest BCUT2D eigenvalue weighted by molar-refractivity contribution is -0.127. The van der Waals surface area contributed by atoms with Crippen LogP contribution in [-0.4, -0.2) is 153 Å². The topological polar surface area (TPSA) is 371 Å². The predicted molar refractivity (Wildman–Crippen MR) is 364 cm³/mol. The number of nitrogens with one attached hydrogen (secondary N) is 5. The predicted octanol–water partition coefficient (Wildman–Crippen LogP) is 6.97. The van der Waals surface area contributed by atoms with Gasteiger partial charge in [0.05, 0.1) is 74.9 Å². The number of aromatic amines is 3. The number of imidazole rings is 2. The van der Waals surface area contributed by atoms with Crippen LogP contribution in [0.1, 0.15) is 134 Å². The molecular weight excluding hydrogens is 1300 g/mol. The highest BCUT2D eigenvalue weighted by molar-refractivity contribution is 7.91. The summed E-state index contributed by atoms with van der Waals surface area (Å²) < 4.78 is 103. The maximum atomic E-state index is 13.1. The van der Waals surface area contributed by atoms with Crippen LogP contribution in [0, 0.1) is 20.8 Å². The number of unbranched alkanes of at least 4 members (excludes halogenated alkanes) is 1. The number of carbonyl (C=O) groups excluding carboxylic acids is 1. The fourth-order valence-electron chi connectivity index (χ4n) is 11.1. The molecule has 96 heavy (non-hydrogen) atoms. The molecule has 10 rings (SSSR count). The number of amides is 1. The summed E-state index contributed by atoms with van der Waals surface area (Å²) in [6.45, 7) is 21.2. The molecule has 28 nitrogen and oxygen atoms in total. The Kier molecular flexibility index (Phi) is 24.7. The number of sulfone groups is 1. The Hall–Kier alpha value is -8.62. The summed E-state index contributed by atoms with van der Waals surface area (Å²) >= 11 is 0. The minimum atomic E-state index is -3.85. The number of aryl methyl sites for hydroxylation is 6. The van der Waals surface area contributed by atoms with Crippen molar-refractivity contribution in [1.29, 1.82) is 0 Å². The van der Waals surface area contributed by atoms with Crippen LogP contribution >= 0.6 is 0 Å². The van der Waals surface area contributed by atoms with E-state index in [0.717, 1.165) is 49.9 Å². The third kappa shape index (κ3) is 16.8. The molecule has 6 aromatic heterocycles. The molecule has 0 saturated carbocycles. The third-order valence-corrected chi connectivity index (χ3v) is 20.2. The molecule has 7 heterocycles. The van der Waals surface area contributed by atoms with E-state index in [4.69, 9.17) is 19.3 Å². The van der Waals surface area contributed by atoms with Crippen LogP contribution in [0.25, 0.3) is 50.7 Å². The van der Waals surface area contributed by atoms with Gasteiger partial charge < -0.3 is 39.2 Å². The summed E-state index contributed by atoms with van der Waals surface area (Å²) in [5.74, 6) is 3.38. The number of rotatable bonds is 29. The highest BCUT2D eigenvalue weighted by Crippen LogP contribution is 2.34. The highest BCUT2D eigenvalue weighted by Gasteiger charge is 2.26. The Bertz CT molecular complexity index is 4610. The Balaban J connectivity index is 0.000000185. The first-order valence-corrected chi connectivity index (χ1v) is 37.0. The summed E-state index contributed by atoms with van der Waals surface area (Å²) in [4.78, 5) is 69.5. The number of benzene rings is 3. The molecule has 1 amide bonds. The average molecular weight is 1380 g/mol. The van der Waals surface area contributed by atoms with E-state index in [-0.39, 0.29) is 73.6 Å². The van der Waals surface area contributed by atoms with Gasteiger partial charge in [0.1, 0.15) is 34.4 Å².